The maximum absolute atomic E-state index is 13.2. The number of aryl methyl sites for hydroxylation is 1. The normalized spacial score (nSPS) is 18.1. The SMILES string of the molecule is Cc1cc(C=O)c(-n2nccn2)c(N2[C@H](C)CO[C@H]2Cn2ccc(-c3ccc(F)cn3)n2)c1. The fourth-order valence-electron chi connectivity index (χ4n) is 4.14. The van der Waals surface area contributed by atoms with Gasteiger partial charge >= 0.3 is 0 Å². The second kappa shape index (κ2) is 8.55. The van der Waals surface area contributed by atoms with E-state index in [0.29, 0.717) is 35.8 Å². The summed E-state index contributed by atoms with van der Waals surface area (Å²) in [4.78, 5) is 19.6. The van der Waals surface area contributed by atoms with Gasteiger partial charge < -0.3 is 9.64 Å². The standard InChI is InChI=1S/C23H22FN7O2/c1-15-9-17(13-32)23(31-26-6-7-27-31)21(10-15)30-16(2)14-33-22(30)12-29-8-5-20(28-29)19-4-3-18(24)11-25-19/h3-11,13,16,22H,12,14H2,1-2H3/t16-,22+/m1/s1. The van der Waals surface area contributed by atoms with Gasteiger partial charge in [-0.2, -0.15) is 15.3 Å². The Balaban J connectivity index is 1.49. The lowest BCUT2D eigenvalue weighted by Crippen LogP contribution is -2.39. The van der Waals surface area contributed by atoms with Crippen LogP contribution in [0, 0.1) is 12.7 Å². The maximum atomic E-state index is 13.2. The molecule has 4 heterocycles. The molecule has 10 heteroatoms. The van der Waals surface area contributed by atoms with E-state index >= 15 is 0 Å². The van der Waals surface area contributed by atoms with Gasteiger partial charge in [-0.05, 0) is 49.7 Å². The number of benzene rings is 1. The summed E-state index contributed by atoms with van der Waals surface area (Å²) in [6, 6.07) is 8.68. The molecule has 0 unspecified atom stereocenters. The molecule has 1 aromatic carbocycles. The number of aldehydes is 1. The van der Waals surface area contributed by atoms with E-state index < -0.39 is 5.82 Å². The molecule has 1 aliphatic heterocycles. The summed E-state index contributed by atoms with van der Waals surface area (Å²) in [6.45, 7) is 4.99. The first kappa shape index (κ1) is 21.0. The molecule has 1 fully saturated rings. The third kappa shape index (κ3) is 4.00. The molecular formula is C23H22FN7O2. The Morgan fingerprint density at radius 1 is 1.18 bits per heavy atom. The Labute approximate surface area is 189 Å². The zero-order valence-electron chi connectivity index (χ0n) is 18.2. The van der Waals surface area contributed by atoms with Crippen LogP contribution in [0.4, 0.5) is 10.1 Å². The predicted molar refractivity (Wildman–Crippen MR) is 119 cm³/mol. The smallest absolute Gasteiger partial charge is 0.152 e. The molecule has 0 bridgehead atoms. The number of rotatable bonds is 6. The summed E-state index contributed by atoms with van der Waals surface area (Å²) in [5.74, 6) is -0.391. The zero-order valence-corrected chi connectivity index (χ0v) is 18.2. The van der Waals surface area contributed by atoms with Crippen LogP contribution in [0.5, 0.6) is 0 Å². The van der Waals surface area contributed by atoms with Crippen LogP contribution in [0.25, 0.3) is 17.1 Å². The van der Waals surface area contributed by atoms with Gasteiger partial charge in [0.15, 0.2) is 6.29 Å². The number of carbonyl (C=O) groups is 1. The second-order valence-electron chi connectivity index (χ2n) is 7.99. The first-order chi connectivity index (χ1) is 16.0. The minimum absolute atomic E-state index is 0.0550. The highest BCUT2D eigenvalue weighted by Crippen LogP contribution is 2.34. The molecule has 0 radical (unpaired) electrons. The topological polar surface area (TPSA) is 91.0 Å². The number of aromatic nitrogens is 6. The molecule has 3 aromatic heterocycles. The van der Waals surface area contributed by atoms with Gasteiger partial charge in [-0.25, -0.2) is 4.39 Å². The minimum atomic E-state index is -0.391. The van der Waals surface area contributed by atoms with Crippen molar-refractivity contribution in [2.24, 2.45) is 0 Å². The summed E-state index contributed by atoms with van der Waals surface area (Å²) in [6.07, 6.45) is 6.66. The van der Waals surface area contributed by atoms with Crippen LogP contribution < -0.4 is 4.90 Å². The zero-order chi connectivity index (χ0) is 22.9. The van der Waals surface area contributed by atoms with Gasteiger partial charge in [0.25, 0.3) is 0 Å². The molecule has 9 nitrogen and oxygen atoms in total. The van der Waals surface area contributed by atoms with Crippen LogP contribution >= 0.6 is 0 Å². The summed E-state index contributed by atoms with van der Waals surface area (Å²) >= 11 is 0. The maximum Gasteiger partial charge on any atom is 0.152 e. The lowest BCUT2D eigenvalue weighted by Gasteiger charge is -2.31. The van der Waals surface area contributed by atoms with Crippen molar-refractivity contribution in [3.05, 3.63) is 72.1 Å². The quantitative estimate of drug-likeness (QED) is 0.420. The van der Waals surface area contributed by atoms with E-state index in [2.05, 4.69) is 32.1 Å². The highest BCUT2D eigenvalue weighted by atomic mass is 19.1. The molecule has 0 N–H and O–H groups in total. The van der Waals surface area contributed by atoms with Gasteiger partial charge in [0, 0.05) is 11.8 Å². The van der Waals surface area contributed by atoms with Crippen molar-refractivity contribution < 1.29 is 13.9 Å². The molecule has 1 aliphatic rings. The Morgan fingerprint density at radius 3 is 2.73 bits per heavy atom. The Morgan fingerprint density at radius 2 is 2.00 bits per heavy atom. The van der Waals surface area contributed by atoms with Gasteiger partial charge in [0.1, 0.15) is 23.4 Å². The molecule has 0 aliphatic carbocycles. The van der Waals surface area contributed by atoms with Gasteiger partial charge in [-0.15, -0.1) is 4.80 Å². The molecule has 168 valence electrons. The molecule has 1 saturated heterocycles. The van der Waals surface area contributed by atoms with Crippen molar-refractivity contribution in [1.29, 1.82) is 0 Å². The summed E-state index contributed by atoms with van der Waals surface area (Å²) < 4.78 is 21.1. The van der Waals surface area contributed by atoms with E-state index in [4.69, 9.17) is 4.74 Å². The van der Waals surface area contributed by atoms with E-state index in [1.807, 2.05) is 31.3 Å². The van der Waals surface area contributed by atoms with Crippen LogP contribution in [0.3, 0.4) is 0 Å². The third-order valence-corrected chi connectivity index (χ3v) is 5.58. The molecule has 4 aromatic rings. The molecule has 5 rings (SSSR count). The van der Waals surface area contributed by atoms with Crippen LogP contribution in [0.15, 0.2) is 55.1 Å². The van der Waals surface area contributed by atoms with E-state index in [0.717, 1.165) is 17.5 Å². The number of pyridine rings is 1. The van der Waals surface area contributed by atoms with Crippen molar-refractivity contribution in [3.8, 4) is 17.1 Å². The molecule has 0 spiro atoms. The van der Waals surface area contributed by atoms with Crippen molar-refractivity contribution in [3.63, 3.8) is 0 Å². The van der Waals surface area contributed by atoms with Crippen molar-refractivity contribution >= 4 is 12.0 Å². The third-order valence-electron chi connectivity index (χ3n) is 5.58. The Kier molecular flexibility index (Phi) is 5.43. The number of hydrogen-bond donors (Lipinski definition) is 0. The number of ether oxygens (including phenoxy) is 1. The van der Waals surface area contributed by atoms with Gasteiger partial charge in [-0.1, -0.05) is 0 Å². The lowest BCUT2D eigenvalue weighted by atomic mass is 10.1. The van der Waals surface area contributed by atoms with E-state index in [1.54, 1.807) is 23.1 Å². The number of anilines is 1. The highest BCUT2D eigenvalue weighted by molar-refractivity contribution is 5.87. The van der Waals surface area contributed by atoms with Gasteiger partial charge in [0.2, 0.25) is 0 Å². The van der Waals surface area contributed by atoms with Crippen LogP contribution in [-0.2, 0) is 11.3 Å². The van der Waals surface area contributed by atoms with Crippen molar-refractivity contribution in [2.45, 2.75) is 32.7 Å². The van der Waals surface area contributed by atoms with E-state index in [1.165, 1.54) is 17.1 Å². The van der Waals surface area contributed by atoms with Crippen molar-refractivity contribution in [1.82, 2.24) is 29.8 Å². The first-order valence-corrected chi connectivity index (χ1v) is 10.6. The highest BCUT2D eigenvalue weighted by Gasteiger charge is 2.35. The van der Waals surface area contributed by atoms with Crippen molar-refractivity contribution in [2.75, 3.05) is 11.5 Å². The van der Waals surface area contributed by atoms with E-state index in [-0.39, 0.29) is 12.3 Å². The Bertz CT molecular complexity index is 1270. The molecule has 0 amide bonds. The summed E-state index contributed by atoms with van der Waals surface area (Å²) in [5, 5.41) is 13.1. The molecule has 0 saturated carbocycles. The van der Waals surface area contributed by atoms with Crippen LogP contribution in [0.1, 0.15) is 22.8 Å². The summed E-state index contributed by atoms with van der Waals surface area (Å²) in [5.41, 5.74) is 4.12. The van der Waals surface area contributed by atoms with Crippen LogP contribution in [0.2, 0.25) is 0 Å². The van der Waals surface area contributed by atoms with Gasteiger partial charge in [0.05, 0.1) is 49.2 Å². The second-order valence-corrected chi connectivity index (χ2v) is 7.99. The fourth-order valence-corrected chi connectivity index (χ4v) is 4.14. The molecule has 33 heavy (non-hydrogen) atoms. The van der Waals surface area contributed by atoms with Gasteiger partial charge in [-0.3, -0.25) is 14.5 Å². The number of carbonyl (C=O) groups excluding carboxylic acids is 1. The average Bonchev–Trinajstić information content (AvgIpc) is 3.56. The number of halogens is 1. The molecular weight excluding hydrogens is 425 g/mol. The average molecular weight is 447 g/mol. The summed E-state index contributed by atoms with van der Waals surface area (Å²) in [7, 11) is 0. The fraction of sp³-hybridized carbons (Fsp3) is 0.261. The van der Waals surface area contributed by atoms with E-state index in [9.17, 15) is 9.18 Å². The number of nitrogens with zero attached hydrogens (tertiary/aromatic N) is 7. The largest absolute Gasteiger partial charge is 0.354 e. The minimum Gasteiger partial charge on any atom is -0.354 e. The monoisotopic (exact) mass is 447 g/mol. The lowest BCUT2D eigenvalue weighted by molar-refractivity contribution is 0.0939. The number of hydrogen-bond acceptors (Lipinski definition) is 7. The molecule has 2 atom stereocenters. The predicted octanol–water partition coefficient (Wildman–Crippen LogP) is 3.04. The Hall–Kier alpha value is -3.92. The first-order valence-electron chi connectivity index (χ1n) is 10.6. The van der Waals surface area contributed by atoms with Crippen LogP contribution in [-0.4, -0.2) is 54.9 Å².